The maximum absolute atomic E-state index is 12.3. The summed E-state index contributed by atoms with van der Waals surface area (Å²) in [6, 6.07) is 8.44. The monoisotopic (exact) mass is 344 g/mol. The average molecular weight is 344 g/mol. The Hall–Kier alpha value is -3.16. The highest BCUT2D eigenvalue weighted by Gasteiger charge is 2.11. The molecule has 0 atom stereocenters. The number of nitrogens with one attached hydrogen (secondary N) is 2. The fraction of sp³-hybridized carbons (Fsp3) is 0.294. The number of carboxylic acid groups (broad SMARTS) is 1. The lowest BCUT2D eigenvalue weighted by Gasteiger charge is -2.13. The highest BCUT2D eigenvalue weighted by Crippen LogP contribution is 2.14. The van der Waals surface area contributed by atoms with E-state index in [1.54, 1.807) is 37.3 Å². The van der Waals surface area contributed by atoms with Crippen LogP contribution in [0.3, 0.4) is 0 Å². The zero-order chi connectivity index (χ0) is 18.4. The minimum Gasteiger partial charge on any atom is -0.480 e. The van der Waals surface area contributed by atoms with Crippen molar-refractivity contribution in [1.82, 2.24) is 14.9 Å². The van der Waals surface area contributed by atoms with Gasteiger partial charge in [0.1, 0.15) is 6.54 Å². The number of aromatic nitrogens is 2. The van der Waals surface area contributed by atoms with Gasteiger partial charge in [0.15, 0.2) is 0 Å². The van der Waals surface area contributed by atoms with Gasteiger partial charge in [-0.1, -0.05) is 12.1 Å². The normalized spacial score (nSPS) is 10.3. The quantitative estimate of drug-likeness (QED) is 0.684. The molecule has 2 rings (SSSR count). The molecule has 0 unspecified atom stereocenters. The lowest BCUT2D eigenvalue weighted by molar-refractivity contribution is -0.134. The van der Waals surface area contributed by atoms with Crippen LogP contribution in [-0.4, -0.2) is 39.6 Å². The van der Waals surface area contributed by atoms with E-state index in [0.29, 0.717) is 23.5 Å². The molecule has 0 saturated heterocycles. The van der Waals surface area contributed by atoms with Crippen molar-refractivity contribution in [2.75, 3.05) is 18.4 Å². The first kappa shape index (κ1) is 18.2. The molecule has 0 aliphatic carbocycles. The van der Waals surface area contributed by atoms with E-state index in [1.807, 2.05) is 6.92 Å². The summed E-state index contributed by atoms with van der Waals surface area (Å²) in [6.45, 7) is 3.82. The van der Waals surface area contributed by atoms with Crippen LogP contribution in [-0.2, 0) is 11.3 Å². The molecule has 0 aliphatic rings. The second-order valence-corrected chi connectivity index (χ2v) is 5.52. The lowest BCUT2D eigenvalue weighted by atomic mass is 10.1. The third kappa shape index (κ3) is 4.90. The summed E-state index contributed by atoms with van der Waals surface area (Å²) in [5.41, 5.74) is 1.86. The van der Waals surface area contributed by atoms with E-state index in [4.69, 9.17) is 5.11 Å². The number of carbonyl (C=O) groups is 2. The molecule has 8 nitrogen and oxygen atoms in total. The number of aryl methyl sites for hydroxylation is 2. The van der Waals surface area contributed by atoms with Crippen LogP contribution in [0.1, 0.15) is 21.7 Å². The van der Waals surface area contributed by atoms with Crippen LogP contribution in [0, 0.1) is 13.8 Å². The van der Waals surface area contributed by atoms with E-state index in [0.717, 1.165) is 5.69 Å². The molecule has 3 N–H and O–H groups in total. The smallest absolute Gasteiger partial charge is 0.348 e. The predicted molar refractivity (Wildman–Crippen MR) is 92.9 cm³/mol. The molecule has 2 aromatic rings. The van der Waals surface area contributed by atoms with E-state index in [1.165, 1.54) is 4.57 Å². The van der Waals surface area contributed by atoms with Gasteiger partial charge in [0.2, 0.25) is 0 Å². The summed E-state index contributed by atoms with van der Waals surface area (Å²) < 4.78 is 1.49. The third-order valence-corrected chi connectivity index (χ3v) is 3.57. The van der Waals surface area contributed by atoms with Crippen molar-refractivity contribution in [1.29, 1.82) is 0 Å². The van der Waals surface area contributed by atoms with Crippen molar-refractivity contribution in [2.24, 2.45) is 0 Å². The molecule has 1 aromatic carbocycles. The van der Waals surface area contributed by atoms with Gasteiger partial charge >= 0.3 is 11.7 Å². The molecule has 132 valence electrons. The minimum absolute atomic E-state index is 0.248. The van der Waals surface area contributed by atoms with Crippen LogP contribution in [0.5, 0.6) is 0 Å². The number of rotatable bonds is 7. The molecule has 1 amide bonds. The molecule has 1 aromatic heterocycles. The van der Waals surface area contributed by atoms with Crippen LogP contribution >= 0.6 is 0 Å². The predicted octanol–water partition coefficient (Wildman–Crippen LogP) is 0.787. The number of anilines is 1. The van der Waals surface area contributed by atoms with E-state index in [9.17, 15) is 14.4 Å². The Morgan fingerprint density at radius 3 is 2.64 bits per heavy atom. The first-order valence-electron chi connectivity index (χ1n) is 7.76. The third-order valence-electron chi connectivity index (χ3n) is 3.57. The van der Waals surface area contributed by atoms with Crippen LogP contribution in [0.2, 0.25) is 0 Å². The highest BCUT2D eigenvalue weighted by molar-refractivity contribution is 5.99. The van der Waals surface area contributed by atoms with Gasteiger partial charge in [0.05, 0.1) is 5.56 Å². The molecule has 0 aliphatic heterocycles. The van der Waals surface area contributed by atoms with E-state index in [-0.39, 0.29) is 24.7 Å². The molecule has 0 saturated carbocycles. The van der Waals surface area contributed by atoms with Gasteiger partial charge in [-0.3, -0.25) is 14.2 Å². The Morgan fingerprint density at radius 2 is 1.96 bits per heavy atom. The van der Waals surface area contributed by atoms with Crippen molar-refractivity contribution in [3.63, 3.8) is 0 Å². The summed E-state index contributed by atoms with van der Waals surface area (Å²) in [4.78, 5) is 38.7. The molecular weight excluding hydrogens is 324 g/mol. The summed E-state index contributed by atoms with van der Waals surface area (Å²) in [7, 11) is 0. The number of amides is 1. The molecule has 8 heteroatoms. The van der Waals surface area contributed by atoms with E-state index < -0.39 is 5.97 Å². The first-order valence-corrected chi connectivity index (χ1v) is 7.76. The van der Waals surface area contributed by atoms with Crippen LogP contribution in [0.4, 0.5) is 5.69 Å². The van der Waals surface area contributed by atoms with Gasteiger partial charge in [-0.25, -0.2) is 4.79 Å². The Kier molecular flexibility index (Phi) is 5.89. The van der Waals surface area contributed by atoms with Crippen molar-refractivity contribution in [2.45, 2.75) is 20.4 Å². The van der Waals surface area contributed by atoms with Gasteiger partial charge < -0.3 is 15.7 Å². The Morgan fingerprint density at radius 1 is 1.24 bits per heavy atom. The SMILES string of the molecule is Cc1cc(C)n(CCNC(=O)c2ccccc2NCC(=O)O)c(=O)n1. The number of aliphatic carboxylic acids is 1. The first-order chi connectivity index (χ1) is 11.9. The zero-order valence-corrected chi connectivity index (χ0v) is 14.1. The number of carboxylic acids is 1. The van der Waals surface area contributed by atoms with Gasteiger partial charge in [0, 0.05) is 30.2 Å². The fourth-order valence-corrected chi connectivity index (χ4v) is 2.43. The highest BCUT2D eigenvalue weighted by atomic mass is 16.4. The van der Waals surface area contributed by atoms with Crippen LogP contribution < -0.4 is 16.3 Å². The summed E-state index contributed by atoms with van der Waals surface area (Å²) in [5, 5.41) is 14.2. The van der Waals surface area contributed by atoms with Gasteiger partial charge in [-0.15, -0.1) is 0 Å². The zero-order valence-electron chi connectivity index (χ0n) is 14.1. The Bertz CT molecular complexity index is 845. The second-order valence-electron chi connectivity index (χ2n) is 5.52. The lowest BCUT2D eigenvalue weighted by Crippen LogP contribution is -2.33. The average Bonchev–Trinajstić information content (AvgIpc) is 2.55. The Balaban J connectivity index is 2.02. The van der Waals surface area contributed by atoms with Crippen LogP contribution in [0.25, 0.3) is 0 Å². The van der Waals surface area contributed by atoms with Crippen molar-refractivity contribution >= 4 is 17.6 Å². The Labute approximate surface area is 144 Å². The topological polar surface area (TPSA) is 113 Å². The van der Waals surface area contributed by atoms with E-state index in [2.05, 4.69) is 15.6 Å². The number of carbonyl (C=O) groups excluding carboxylic acids is 1. The molecule has 1 heterocycles. The number of benzene rings is 1. The molecule has 0 bridgehead atoms. The standard InChI is InChI=1S/C17H20N4O4/c1-11-9-12(2)21(17(25)20-11)8-7-18-16(24)13-5-3-4-6-14(13)19-10-15(22)23/h3-6,9,19H,7-8,10H2,1-2H3,(H,18,24)(H,22,23). The second kappa shape index (κ2) is 8.09. The van der Waals surface area contributed by atoms with E-state index >= 15 is 0 Å². The number of nitrogens with zero attached hydrogens (tertiary/aromatic N) is 2. The number of para-hydroxylation sites is 1. The molecule has 0 radical (unpaired) electrons. The molecular formula is C17H20N4O4. The largest absolute Gasteiger partial charge is 0.480 e. The van der Waals surface area contributed by atoms with Gasteiger partial charge in [-0.2, -0.15) is 4.98 Å². The van der Waals surface area contributed by atoms with Gasteiger partial charge in [-0.05, 0) is 32.0 Å². The van der Waals surface area contributed by atoms with Crippen LogP contribution in [0.15, 0.2) is 35.1 Å². The molecule has 25 heavy (non-hydrogen) atoms. The van der Waals surface area contributed by atoms with Gasteiger partial charge in [0.25, 0.3) is 5.91 Å². The molecule has 0 fully saturated rings. The maximum atomic E-state index is 12.3. The van der Waals surface area contributed by atoms with Crippen molar-refractivity contribution < 1.29 is 14.7 Å². The van der Waals surface area contributed by atoms with Crippen molar-refractivity contribution in [3.8, 4) is 0 Å². The van der Waals surface area contributed by atoms with Crippen molar-refractivity contribution in [3.05, 3.63) is 57.8 Å². The maximum Gasteiger partial charge on any atom is 0.348 e. The summed E-state index contributed by atoms with van der Waals surface area (Å²) in [6.07, 6.45) is 0. The number of hydrogen-bond acceptors (Lipinski definition) is 5. The fourth-order valence-electron chi connectivity index (χ4n) is 2.43. The number of hydrogen-bond donors (Lipinski definition) is 3. The molecule has 0 spiro atoms. The summed E-state index contributed by atoms with van der Waals surface area (Å²) in [5.74, 6) is -1.36. The minimum atomic E-state index is -1.02. The summed E-state index contributed by atoms with van der Waals surface area (Å²) >= 11 is 0.